The van der Waals surface area contributed by atoms with Crippen molar-refractivity contribution in [2.45, 2.75) is 18.6 Å². The van der Waals surface area contributed by atoms with Crippen molar-refractivity contribution in [1.82, 2.24) is 0 Å². The first kappa shape index (κ1) is 10.7. The van der Waals surface area contributed by atoms with Crippen LogP contribution in [-0.4, -0.2) is 28.3 Å². The minimum Gasteiger partial charge on any atom is -0.479 e. The van der Waals surface area contributed by atoms with Gasteiger partial charge in [0.1, 0.15) is 0 Å². The lowest BCUT2D eigenvalue weighted by Crippen LogP contribution is -2.41. The third kappa shape index (κ3) is 2.83. The van der Waals surface area contributed by atoms with Crippen LogP contribution in [0.25, 0.3) is 0 Å². The van der Waals surface area contributed by atoms with E-state index in [2.05, 4.69) is 0 Å². The normalized spacial score (nSPS) is 14.7. The summed E-state index contributed by atoms with van der Waals surface area (Å²) in [4.78, 5) is 10.4. The molecule has 0 aliphatic heterocycles. The standard InChI is InChI=1S/C10H13NO3/c11-8(9(12)10(13)14)6-7-4-2-1-3-5-7/h1-5,8-9,12H,6,11H2,(H,13,14)/t8?,9-/m1/s1. The highest BCUT2D eigenvalue weighted by atomic mass is 16.4. The Balaban J connectivity index is 2.57. The van der Waals surface area contributed by atoms with E-state index in [1.54, 1.807) is 0 Å². The highest BCUT2D eigenvalue weighted by Crippen LogP contribution is 2.04. The number of aliphatic hydroxyl groups is 1. The predicted molar refractivity (Wildman–Crippen MR) is 51.8 cm³/mol. The number of carbonyl (C=O) groups is 1. The summed E-state index contributed by atoms with van der Waals surface area (Å²) < 4.78 is 0. The van der Waals surface area contributed by atoms with Crippen LogP contribution < -0.4 is 5.73 Å². The molecule has 0 aromatic heterocycles. The van der Waals surface area contributed by atoms with Gasteiger partial charge in [-0.1, -0.05) is 30.3 Å². The van der Waals surface area contributed by atoms with Crippen LogP contribution in [0, 0.1) is 0 Å². The Morgan fingerprint density at radius 1 is 1.36 bits per heavy atom. The zero-order valence-corrected chi connectivity index (χ0v) is 7.63. The lowest BCUT2D eigenvalue weighted by Gasteiger charge is -2.14. The lowest BCUT2D eigenvalue weighted by molar-refractivity contribution is -0.147. The molecular formula is C10H13NO3. The number of carboxylic acids is 1. The van der Waals surface area contributed by atoms with Gasteiger partial charge in [0.15, 0.2) is 6.10 Å². The number of carboxylic acid groups (broad SMARTS) is 1. The fourth-order valence-electron chi connectivity index (χ4n) is 1.18. The molecule has 0 radical (unpaired) electrons. The molecule has 4 heteroatoms. The van der Waals surface area contributed by atoms with E-state index in [4.69, 9.17) is 15.9 Å². The highest BCUT2D eigenvalue weighted by Gasteiger charge is 2.21. The second-order valence-electron chi connectivity index (χ2n) is 3.14. The largest absolute Gasteiger partial charge is 0.479 e. The average Bonchev–Trinajstić information content (AvgIpc) is 2.18. The zero-order valence-electron chi connectivity index (χ0n) is 7.63. The van der Waals surface area contributed by atoms with Crippen LogP contribution in [0.1, 0.15) is 5.56 Å². The molecule has 0 saturated heterocycles. The Hall–Kier alpha value is -1.39. The highest BCUT2D eigenvalue weighted by molar-refractivity contribution is 5.72. The third-order valence-corrected chi connectivity index (χ3v) is 1.97. The maximum Gasteiger partial charge on any atom is 0.334 e. The fraction of sp³-hybridized carbons (Fsp3) is 0.300. The smallest absolute Gasteiger partial charge is 0.334 e. The molecule has 2 atom stereocenters. The summed E-state index contributed by atoms with van der Waals surface area (Å²) in [6.07, 6.45) is -1.15. The Labute approximate surface area is 82.0 Å². The van der Waals surface area contributed by atoms with Crippen LogP contribution >= 0.6 is 0 Å². The Bertz CT molecular complexity index is 299. The maximum atomic E-state index is 10.4. The van der Waals surface area contributed by atoms with Crippen molar-refractivity contribution < 1.29 is 15.0 Å². The molecule has 0 heterocycles. The minimum atomic E-state index is -1.50. The van der Waals surface area contributed by atoms with Crippen LogP contribution in [0.3, 0.4) is 0 Å². The average molecular weight is 195 g/mol. The number of hydrogen-bond donors (Lipinski definition) is 3. The summed E-state index contributed by atoms with van der Waals surface area (Å²) in [6, 6.07) is 8.46. The molecular weight excluding hydrogens is 182 g/mol. The molecule has 0 bridgehead atoms. The van der Waals surface area contributed by atoms with Crippen LogP contribution in [0.5, 0.6) is 0 Å². The summed E-state index contributed by atoms with van der Waals surface area (Å²) in [6.45, 7) is 0. The van der Waals surface area contributed by atoms with Gasteiger partial charge in [-0.2, -0.15) is 0 Å². The summed E-state index contributed by atoms with van der Waals surface area (Å²) >= 11 is 0. The van der Waals surface area contributed by atoms with E-state index < -0.39 is 18.1 Å². The van der Waals surface area contributed by atoms with Crippen molar-refractivity contribution in [2.75, 3.05) is 0 Å². The summed E-state index contributed by atoms with van der Waals surface area (Å²) in [7, 11) is 0. The van der Waals surface area contributed by atoms with Gasteiger partial charge in [0.2, 0.25) is 0 Å². The van der Waals surface area contributed by atoms with Gasteiger partial charge in [0.05, 0.1) is 0 Å². The fourth-order valence-corrected chi connectivity index (χ4v) is 1.18. The minimum absolute atomic E-state index is 0.355. The molecule has 4 N–H and O–H groups in total. The van der Waals surface area contributed by atoms with E-state index in [9.17, 15) is 4.79 Å². The second-order valence-corrected chi connectivity index (χ2v) is 3.14. The molecule has 0 aliphatic carbocycles. The van der Waals surface area contributed by atoms with Crippen molar-refractivity contribution in [3.63, 3.8) is 0 Å². The van der Waals surface area contributed by atoms with E-state index in [-0.39, 0.29) is 0 Å². The van der Waals surface area contributed by atoms with Crippen LogP contribution in [-0.2, 0) is 11.2 Å². The molecule has 1 unspecified atom stereocenters. The van der Waals surface area contributed by atoms with E-state index >= 15 is 0 Å². The van der Waals surface area contributed by atoms with E-state index in [0.717, 1.165) is 5.56 Å². The van der Waals surface area contributed by atoms with E-state index in [0.29, 0.717) is 6.42 Å². The molecule has 0 spiro atoms. The zero-order chi connectivity index (χ0) is 10.6. The van der Waals surface area contributed by atoms with Gasteiger partial charge in [-0.25, -0.2) is 4.79 Å². The van der Waals surface area contributed by atoms with Crippen molar-refractivity contribution in [1.29, 1.82) is 0 Å². The number of hydrogen-bond acceptors (Lipinski definition) is 3. The van der Waals surface area contributed by atoms with Gasteiger partial charge in [0.25, 0.3) is 0 Å². The molecule has 1 rings (SSSR count). The molecule has 0 fully saturated rings. The van der Waals surface area contributed by atoms with Gasteiger partial charge in [0, 0.05) is 6.04 Å². The number of benzene rings is 1. The first-order chi connectivity index (χ1) is 6.61. The molecule has 0 saturated carbocycles. The monoisotopic (exact) mass is 195 g/mol. The number of rotatable bonds is 4. The second kappa shape index (κ2) is 4.74. The molecule has 14 heavy (non-hydrogen) atoms. The van der Waals surface area contributed by atoms with Crippen LogP contribution in [0.15, 0.2) is 30.3 Å². The number of nitrogens with two attached hydrogens (primary N) is 1. The SMILES string of the molecule is NC(Cc1ccccc1)[C@@H](O)C(=O)O. The van der Waals surface area contributed by atoms with Crippen LogP contribution in [0.4, 0.5) is 0 Å². The van der Waals surface area contributed by atoms with Gasteiger partial charge in [-0.15, -0.1) is 0 Å². The third-order valence-electron chi connectivity index (χ3n) is 1.97. The van der Waals surface area contributed by atoms with Gasteiger partial charge >= 0.3 is 5.97 Å². The lowest BCUT2D eigenvalue weighted by atomic mass is 10.0. The van der Waals surface area contributed by atoms with Gasteiger partial charge in [-0.3, -0.25) is 0 Å². The summed E-state index contributed by atoms with van der Waals surface area (Å²) in [5, 5.41) is 17.6. The molecule has 0 aliphatic rings. The van der Waals surface area contributed by atoms with Crippen molar-refractivity contribution in [2.24, 2.45) is 5.73 Å². The van der Waals surface area contributed by atoms with Crippen molar-refractivity contribution in [3.05, 3.63) is 35.9 Å². The topological polar surface area (TPSA) is 83.5 Å². The molecule has 1 aromatic carbocycles. The predicted octanol–water partition coefficient (Wildman–Crippen LogP) is 0.00190. The molecule has 76 valence electrons. The summed E-state index contributed by atoms with van der Waals surface area (Å²) in [5.74, 6) is -1.28. The number of aliphatic hydroxyl groups excluding tert-OH is 1. The van der Waals surface area contributed by atoms with Crippen molar-refractivity contribution >= 4 is 5.97 Å². The quantitative estimate of drug-likeness (QED) is 0.631. The molecule has 1 aromatic rings. The van der Waals surface area contributed by atoms with E-state index in [1.807, 2.05) is 30.3 Å². The maximum absolute atomic E-state index is 10.4. The van der Waals surface area contributed by atoms with Crippen LogP contribution in [0.2, 0.25) is 0 Å². The number of aliphatic carboxylic acids is 1. The Morgan fingerprint density at radius 2 is 1.93 bits per heavy atom. The molecule has 0 amide bonds. The van der Waals surface area contributed by atoms with Gasteiger partial charge in [-0.05, 0) is 12.0 Å². The van der Waals surface area contributed by atoms with Gasteiger partial charge < -0.3 is 15.9 Å². The summed E-state index contributed by atoms with van der Waals surface area (Å²) in [5.41, 5.74) is 6.44. The first-order valence-electron chi connectivity index (χ1n) is 4.31. The van der Waals surface area contributed by atoms with E-state index in [1.165, 1.54) is 0 Å². The Kier molecular flexibility index (Phi) is 3.62. The van der Waals surface area contributed by atoms with Crippen molar-refractivity contribution in [3.8, 4) is 0 Å². The first-order valence-corrected chi connectivity index (χ1v) is 4.31. The Morgan fingerprint density at radius 3 is 2.43 bits per heavy atom. The molecule has 4 nitrogen and oxygen atoms in total.